The standard InChI is InChI=1S/C67H92F2N22O17/c68-38-26-36-50(28-48(38)93)108-51-29-49(94)39(69)27-37(51)56(36)35-17-18-47(91(30-54(96)97)31-55(98)99)52(25-35)107-33-53(95)84-46(32-92)63(106)90-45(24-34-10-2-1-3-11-34)62(105)89-44(16-9-23-83-67(78)79)61(104)88-43(15-8-22-82-66(76)77)60(103)87-42(14-7-21-81-65(74)75)59(102)86-41(13-6-20-80-64(72)73)58(101)85-40(57(71)100)12-4-5-19-70/h1-3,10-11,17-18,25-29,40-46,92H,4-9,12-16,19-24,30-33,70H2,(H28-,71,72,73,74,75,76,77,78,79,80,81,82,83,84,85,86,87,88,89,90,93,94,95,96,97,98,99,100,101,102,103,104,105,106)/p+1/t40-,41-,42-,43-,44-,45-,46?/m0/s1. The predicted molar refractivity (Wildman–Crippen MR) is 389 cm³/mol. The zero-order chi connectivity index (χ0) is 79.7. The second-order valence-corrected chi connectivity index (χ2v) is 24.7. The number of nitrogens with two attached hydrogens (primary N) is 6. The van der Waals surface area contributed by atoms with Gasteiger partial charge in [-0.25, -0.2) is 13.2 Å². The Kier molecular flexibility index (Phi) is 34.2. The Morgan fingerprint density at radius 2 is 0.880 bits per heavy atom. The molecule has 0 aliphatic rings. The van der Waals surface area contributed by atoms with Crippen LogP contribution in [0.2, 0.25) is 0 Å². The largest absolute Gasteiger partial charge is 0.505 e. The number of rotatable bonds is 46. The Labute approximate surface area is 616 Å². The molecule has 1 heterocycles. The summed E-state index contributed by atoms with van der Waals surface area (Å²) in [6, 6.07) is 4.29. The number of guanidine groups is 4. The number of carbonyl (C=O) groups is 10. The average molecular weight is 1520 g/mol. The normalized spacial score (nSPS) is 12.9. The fourth-order valence-electron chi connectivity index (χ4n) is 11.1. The van der Waals surface area contributed by atoms with Gasteiger partial charge in [-0.3, -0.25) is 69.6 Å². The average Bonchev–Trinajstić information content (AvgIpc) is 0.744. The summed E-state index contributed by atoms with van der Waals surface area (Å²) < 4.78 is 42.0. The van der Waals surface area contributed by atoms with E-state index < -0.39 is 175 Å². The molecule has 0 saturated carbocycles. The fourth-order valence-corrected chi connectivity index (χ4v) is 11.1. The van der Waals surface area contributed by atoms with Crippen molar-refractivity contribution in [2.24, 2.45) is 34.4 Å². The zero-order valence-electron chi connectivity index (χ0n) is 58.6. The first-order valence-corrected chi connectivity index (χ1v) is 33.9. The molecule has 4 aromatic carbocycles. The van der Waals surface area contributed by atoms with Gasteiger partial charge in [0.15, 0.2) is 53.6 Å². The Balaban J connectivity index is 1.47. The van der Waals surface area contributed by atoms with Gasteiger partial charge in [0.05, 0.1) is 35.2 Å². The summed E-state index contributed by atoms with van der Waals surface area (Å²) in [7, 11) is 0. The van der Waals surface area contributed by atoms with Crippen LogP contribution < -0.4 is 103 Å². The molecule has 5 aromatic rings. The smallest absolute Gasteiger partial charge is 0.365 e. The molecule has 0 aliphatic heterocycles. The van der Waals surface area contributed by atoms with Crippen molar-refractivity contribution >= 4 is 111 Å². The number of aliphatic hydroxyl groups is 1. The first-order chi connectivity index (χ1) is 51.3. The summed E-state index contributed by atoms with van der Waals surface area (Å²) in [5, 5.41) is 109. The number of unbranched alkanes of at least 4 members (excludes halogenated alkanes) is 1. The number of anilines is 1. The molecule has 0 saturated heterocycles. The van der Waals surface area contributed by atoms with Crippen molar-refractivity contribution in [2.45, 2.75) is 119 Å². The number of hydrogen-bond donors (Lipinski definition) is 26. The number of ether oxygens (including phenoxy) is 1. The van der Waals surface area contributed by atoms with Crippen molar-refractivity contribution < 1.29 is 91.4 Å². The number of carbonyl (C=O) groups excluding carboxylic acids is 8. The van der Waals surface area contributed by atoms with Crippen LogP contribution in [-0.2, 0) is 54.4 Å². The van der Waals surface area contributed by atoms with E-state index in [4.69, 9.17) is 65.2 Å². The van der Waals surface area contributed by atoms with E-state index in [-0.39, 0.29) is 142 Å². The maximum absolute atomic E-state index is 15.1. The molecule has 41 heteroatoms. The molecule has 5 rings (SSSR count). The number of phenols is 2. The maximum atomic E-state index is 15.1. The molecule has 8 amide bonds. The lowest BCUT2D eigenvalue weighted by Gasteiger charge is -2.28. The highest BCUT2D eigenvalue weighted by atomic mass is 19.1. The van der Waals surface area contributed by atoms with Gasteiger partial charge in [0.2, 0.25) is 41.4 Å². The van der Waals surface area contributed by atoms with E-state index in [0.717, 1.165) is 35.2 Å². The number of aliphatic hydroxyl groups excluding tert-OH is 1. The van der Waals surface area contributed by atoms with E-state index >= 15 is 8.78 Å². The van der Waals surface area contributed by atoms with E-state index in [9.17, 15) is 73.5 Å². The number of carboxylic acids is 2. The van der Waals surface area contributed by atoms with Gasteiger partial charge in [-0.1, -0.05) is 36.4 Å². The summed E-state index contributed by atoms with van der Waals surface area (Å²) in [4.78, 5) is 139. The summed E-state index contributed by atoms with van der Waals surface area (Å²) in [5.74, 6) is -17.3. The third-order valence-electron chi connectivity index (χ3n) is 16.3. The van der Waals surface area contributed by atoms with Gasteiger partial charge >= 0.3 is 23.1 Å². The summed E-state index contributed by atoms with van der Waals surface area (Å²) in [6.07, 6.45) is 0.0655. The summed E-state index contributed by atoms with van der Waals surface area (Å²) in [6.45, 7) is -3.89. The van der Waals surface area contributed by atoms with E-state index in [1.54, 1.807) is 30.3 Å². The fraction of sp³-hybridized carbons (Fsp3) is 0.418. The molecule has 0 aliphatic carbocycles. The third-order valence-corrected chi connectivity index (χ3v) is 16.3. The highest BCUT2D eigenvalue weighted by molar-refractivity contribution is 6.09. The molecular formula is C67H93F2N22O17+. The van der Waals surface area contributed by atoms with Crippen molar-refractivity contribution in [3.8, 4) is 28.4 Å². The number of phenolic OH excluding ortho intramolecular Hbond substituents is 2. The third kappa shape index (κ3) is 28.1. The van der Waals surface area contributed by atoms with Gasteiger partial charge in [-0.2, -0.15) is 0 Å². The van der Waals surface area contributed by atoms with E-state index in [2.05, 4.69) is 58.5 Å². The summed E-state index contributed by atoms with van der Waals surface area (Å²) in [5.41, 5.74) is 33.1. The summed E-state index contributed by atoms with van der Waals surface area (Å²) >= 11 is 0. The van der Waals surface area contributed by atoms with Gasteiger partial charge in [-0.05, 0) is 113 Å². The van der Waals surface area contributed by atoms with Crippen molar-refractivity contribution in [3.05, 3.63) is 90.0 Å². The minimum absolute atomic E-state index is 0.00247. The molecule has 32 N–H and O–H groups in total. The molecule has 0 fully saturated rings. The van der Waals surface area contributed by atoms with Crippen LogP contribution in [-0.4, -0.2) is 210 Å². The van der Waals surface area contributed by atoms with Crippen LogP contribution in [0.3, 0.4) is 0 Å². The van der Waals surface area contributed by atoms with E-state index in [1.165, 1.54) is 12.1 Å². The molecule has 0 spiro atoms. The Morgan fingerprint density at radius 3 is 1.27 bits per heavy atom. The number of benzene rings is 4. The second-order valence-electron chi connectivity index (χ2n) is 24.7. The maximum Gasteiger partial charge on any atom is 0.365 e. The van der Waals surface area contributed by atoms with Crippen LogP contribution in [0.25, 0.3) is 33.1 Å². The Morgan fingerprint density at radius 1 is 0.491 bits per heavy atom. The van der Waals surface area contributed by atoms with Crippen molar-refractivity contribution in [3.63, 3.8) is 0 Å². The van der Waals surface area contributed by atoms with Gasteiger partial charge in [0, 0.05) is 38.2 Å². The SMILES string of the molecule is N=C(N)NCCC[C@H](NC(=O)[C@H](CCCNC(=N)N)NC(=O)[C@H](CCCNC(=N)N)NC(=O)[C@H](CCCNC(=N)N)NC(=O)[C@H](Cc1ccccc1)NC(=O)C(CO)NC(=O)COc1cc(-c2c3cc(F)c(O)cc3[o+]c3cc(O)c(F)cc23)ccc1N(CC(=O)O)CC(=O)O)C(=O)N[C@@H](CCCCN)C(N)=O. The highest BCUT2D eigenvalue weighted by Gasteiger charge is 2.36. The Bertz CT molecular complexity index is 3990. The van der Waals surface area contributed by atoms with Crippen molar-refractivity contribution in [2.75, 3.05) is 63.9 Å². The number of halogens is 2. The number of hydrogen-bond acceptors (Lipinski definition) is 20. The number of carboxylic acid groups (broad SMARTS) is 2. The van der Waals surface area contributed by atoms with E-state index in [1.807, 2.05) is 0 Å². The number of aliphatic carboxylic acids is 2. The monoisotopic (exact) mass is 1520 g/mol. The Hall–Kier alpha value is -12.7. The lowest BCUT2D eigenvalue weighted by Crippen LogP contribution is -2.60. The van der Waals surface area contributed by atoms with Crippen LogP contribution in [0.5, 0.6) is 17.2 Å². The predicted octanol–water partition coefficient (Wildman–Crippen LogP) is -3.13. The minimum atomic E-state index is -1.91. The number of nitrogens with zero attached hydrogens (tertiary/aromatic N) is 1. The quantitative estimate of drug-likeness (QED) is 0.00602. The van der Waals surface area contributed by atoms with Crippen molar-refractivity contribution in [1.29, 1.82) is 21.6 Å². The molecule has 1 unspecified atom stereocenters. The van der Waals surface area contributed by atoms with Gasteiger partial charge in [0.1, 0.15) is 61.1 Å². The lowest BCUT2D eigenvalue weighted by molar-refractivity contribution is -0.136. The van der Waals surface area contributed by atoms with Crippen LogP contribution in [0.15, 0.2) is 77.2 Å². The molecule has 0 radical (unpaired) electrons. The zero-order valence-corrected chi connectivity index (χ0v) is 58.6. The number of primary amides is 1. The molecule has 0 bridgehead atoms. The molecule has 1 aromatic heterocycles. The molecular weight excluding hydrogens is 1420 g/mol. The van der Waals surface area contributed by atoms with Crippen LogP contribution in [0, 0.1) is 33.3 Å². The molecule has 7 atom stereocenters. The van der Waals surface area contributed by atoms with Crippen LogP contribution >= 0.6 is 0 Å². The molecule has 39 nitrogen and oxygen atoms in total. The number of amides is 8. The topological polar surface area (TPSA) is 679 Å². The molecule has 586 valence electrons. The van der Waals surface area contributed by atoms with E-state index in [0.29, 0.717) is 18.4 Å². The van der Waals surface area contributed by atoms with Gasteiger partial charge in [-0.15, -0.1) is 0 Å². The van der Waals surface area contributed by atoms with Crippen LogP contribution in [0.1, 0.15) is 76.2 Å². The van der Waals surface area contributed by atoms with Gasteiger partial charge < -0.3 is 128 Å². The number of aromatic hydroxyl groups is 2. The number of fused-ring (bicyclic) bond motifs is 2. The first kappa shape index (κ1) is 86.0. The van der Waals surface area contributed by atoms with Gasteiger partial charge in [0.25, 0.3) is 5.91 Å². The molecule has 108 heavy (non-hydrogen) atoms. The number of nitrogens with one attached hydrogen (secondary N) is 15. The lowest BCUT2D eigenvalue weighted by atomic mass is 9.96. The second kappa shape index (κ2) is 42.9. The first-order valence-electron chi connectivity index (χ1n) is 33.9. The highest BCUT2D eigenvalue weighted by Crippen LogP contribution is 2.43. The minimum Gasteiger partial charge on any atom is -0.505 e. The van der Waals surface area contributed by atoms with Crippen molar-refractivity contribution in [1.82, 2.24) is 58.5 Å². The van der Waals surface area contributed by atoms with Crippen LogP contribution in [0.4, 0.5) is 14.5 Å².